The lowest BCUT2D eigenvalue weighted by atomic mass is 9.92. The van der Waals surface area contributed by atoms with Gasteiger partial charge in [0.15, 0.2) is 0 Å². The number of aryl methyl sites for hydroxylation is 1. The van der Waals surface area contributed by atoms with E-state index in [4.69, 9.17) is 0 Å². The summed E-state index contributed by atoms with van der Waals surface area (Å²) in [5.41, 5.74) is 3.73. The molecular formula is C25H26N2O3. The van der Waals surface area contributed by atoms with Crippen LogP contribution in [0.25, 0.3) is 10.8 Å². The van der Waals surface area contributed by atoms with Crippen molar-refractivity contribution in [3.63, 3.8) is 0 Å². The number of benzene rings is 3. The maximum Gasteiger partial charge on any atom is 0.265 e. The number of imide groups is 1. The number of hydrogen-bond donors (Lipinski definition) is 1. The zero-order valence-corrected chi connectivity index (χ0v) is 17.4. The van der Waals surface area contributed by atoms with Crippen molar-refractivity contribution >= 4 is 34.0 Å². The van der Waals surface area contributed by atoms with Crippen LogP contribution in [-0.4, -0.2) is 37.1 Å². The van der Waals surface area contributed by atoms with Gasteiger partial charge in [0.2, 0.25) is 0 Å². The summed E-state index contributed by atoms with van der Waals surface area (Å²) in [7, 11) is 1.89. The summed E-state index contributed by atoms with van der Waals surface area (Å²) < 4.78 is 0. The van der Waals surface area contributed by atoms with Gasteiger partial charge in [-0.1, -0.05) is 37.6 Å². The first kappa shape index (κ1) is 20.1. The molecule has 1 N–H and O–H groups in total. The summed E-state index contributed by atoms with van der Waals surface area (Å²) in [5, 5.41) is 10.8. The third-order valence-electron chi connectivity index (χ3n) is 5.74. The highest BCUT2D eigenvalue weighted by Crippen LogP contribution is 2.37. The second-order valence-corrected chi connectivity index (χ2v) is 7.72. The standard InChI is InChI=1S/C25H26N2O3/c1-3-4-6-17-9-11-18(12-10-17)27-24(29)20-8-5-7-19-22(26(2)15-16-28)14-13-21(23(19)20)25(27)30/h5,7-14,28H,3-4,6,15-16H2,1-2H3. The molecule has 0 spiro atoms. The van der Waals surface area contributed by atoms with Crippen molar-refractivity contribution in [3.8, 4) is 0 Å². The summed E-state index contributed by atoms with van der Waals surface area (Å²) in [5.74, 6) is -0.609. The van der Waals surface area contributed by atoms with Crippen LogP contribution in [0.2, 0.25) is 0 Å². The van der Waals surface area contributed by atoms with Gasteiger partial charge in [0, 0.05) is 41.2 Å². The van der Waals surface area contributed by atoms with E-state index in [9.17, 15) is 14.7 Å². The Bertz CT molecular complexity index is 1080. The molecule has 0 saturated heterocycles. The monoisotopic (exact) mass is 402 g/mol. The van der Waals surface area contributed by atoms with Crippen LogP contribution in [0.4, 0.5) is 11.4 Å². The maximum atomic E-state index is 13.3. The Morgan fingerprint density at radius 1 is 0.933 bits per heavy atom. The van der Waals surface area contributed by atoms with E-state index in [1.807, 2.05) is 54.4 Å². The van der Waals surface area contributed by atoms with Crippen LogP contribution >= 0.6 is 0 Å². The molecule has 5 heteroatoms. The molecule has 0 radical (unpaired) electrons. The Labute approximate surface area is 176 Å². The summed E-state index contributed by atoms with van der Waals surface area (Å²) >= 11 is 0. The van der Waals surface area contributed by atoms with E-state index < -0.39 is 0 Å². The molecule has 0 saturated carbocycles. The highest BCUT2D eigenvalue weighted by molar-refractivity contribution is 6.36. The lowest BCUT2D eigenvalue weighted by molar-refractivity contribution is 0.0893. The van der Waals surface area contributed by atoms with Gasteiger partial charge in [0.05, 0.1) is 12.3 Å². The normalized spacial score (nSPS) is 13.2. The van der Waals surface area contributed by atoms with Crippen LogP contribution in [-0.2, 0) is 6.42 Å². The van der Waals surface area contributed by atoms with Crippen molar-refractivity contribution in [2.45, 2.75) is 26.2 Å². The highest BCUT2D eigenvalue weighted by Gasteiger charge is 2.34. The van der Waals surface area contributed by atoms with Crippen molar-refractivity contribution < 1.29 is 14.7 Å². The number of rotatable bonds is 7. The third kappa shape index (κ3) is 3.35. The number of unbranched alkanes of at least 4 members (excludes halogenated alkanes) is 1. The van der Waals surface area contributed by atoms with Gasteiger partial charge in [-0.2, -0.15) is 0 Å². The van der Waals surface area contributed by atoms with Crippen molar-refractivity contribution in [2.75, 3.05) is 30.0 Å². The van der Waals surface area contributed by atoms with Gasteiger partial charge in [-0.25, -0.2) is 4.90 Å². The van der Waals surface area contributed by atoms with E-state index in [-0.39, 0.29) is 18.4 Å². The number of nitrogens with zero attached hydrogens (tertiary/aromatic N) is 2. The van der Waals surface area contributed by atoms with Crippen molar-refractivity contribution in [1.82, 2.24) is 0 Å². The van der Waals surface area contributed by atoms with Gasteiger partial charge in [-0.05, 0) is 48.7 Å². The molecule has 0 atom stereocenters. The number of aliphatic hydroxyl groups excluding tert-OH is 1. The van der Waals surface area contributed by atoms with E-state index in [2.05, 4.69) is 6.92 Å². The molecule has 30 heavy (non-hydrogen) atoms. The molecule has 0 unspecified atom stereocenters. The number of anilines is 2. The molecule has 5 nitrogen and oxygen atoms in total. The van der Waals surface area contributed by atoms with Gasteiger partial charge in [-0.3, -0.25) is 9.59 Å². The lowest BCUT2D eigenvalue weighted by Gasteiger charge is -2.29. The molecule has 0 fully saturated rings. The minimum absolute atomic E-state index is 0.0271. The fourth-order valence-electron chi connectivity index (χ4n) is 4.11. The number of carbonyl (C=O) groups is 2. The fraction of sp³-hybridized carbons (Fsp3) is 0.280. The van der Waals surface area contributed by atoms with Crippen molar-refractivity contribution in [2.24, 2.45) is 0 Å². The molecule has 3 aromatic rings. The molecule has 1 heterocycles. The molecule has 2 amide bonds. The summed E-state index contributed by atoms with van der Waals surface area (Å²) in [6.07, 6.45) is 3.23. The molecule has 1 aliphatic heterocycles. The van der Waals surface area contributed by atoms with E-state index in [0.29, 0.717) is 28.7 Å². The first-order chi connectivity index (χ1) is 14.6. The summed E-state index contributed by atoms with van der Waals surface area (Å²) in [6, 6.07) is 16.9. The fourth-order valence-corrected chi connectivity index (χ4v) is 4.11. The van der Waals surface area contributed by atoms with Crippen LogP contribution in [0.3, 0.4) is 0 Å². The predicted molar refractivity (Wildman–Crippen MR) is 120 cm³/mol. The minimum Gasteiger partial charge on any atom is -0.395 e. The number of carbonyl (C=O) groups excluding carboxylic acids is 2. The van der Waals surface area contributed by atoms with E-state index >= 15 is 0 Å². The predicted octanol–water partition coefficient (Wildman–Crippen LogP) is 4.41. The zero-order chi connectivity index (χ0) is 21.3. The van der Waals surface area contributed by atoms with Crippen molar-refractivity contribution in [3.05, 3.63) is 71.3 Å². The lowest BCUT2D eigenvalue weighted by Crippen LogP contribution is -2.40. The quantitative estimate of drug-likeness (QED) is 0.595. The Balaban J connectivity index is 1.77. The van der Waals surface area contributed by atoms with Gasteiger partial charge in [0.25, 0.3) is 11.8 Å². The Morgan fingerprint density at radius 3 is 2.30 bits per heavy atom. The Hall–Kier alpha value is -3.18. The number of likely N-dealkylation sites (N-methyl/N-ethyl adjacent to an activating group) is 1. The zero-order valence-electron chi connectivity index (χ0n) is 17.4. The maximum absolute atomic E-state index is 13.3. The van der Waals surface area contributed by atoms with E-state index in [0.717, 1.165) is 30.3 Å². The number of hydrogen-bond acceptors (Lipinski definition) is 4. The van der Waals surface area contributed by atoms with E-state index in [1.54, 1.807) is 12.1 Å². The molecule has 1 aliphatic rings. The van der Waals surface area contributed by atoms with Crippen molar-refractivity contribution in [1.29, 1.82) is 0 Å². The van der Waals surface area contributed by atoms with E-state index in [1.165, 1.54) is 10.5 Å². The number of amides is 2. The molecule has 0 bridgehead atoms. The minimum atomic E-state index is -0.304. The smallest absolute Gasteiger partial charge is 0.265 e. The topological polar surface area (TPSA) is 60.9 Å². The van der Waals surface area contributed by atoms with Gasteiger partial charge < -0.3 is 10.0 Å². The second-order valence-electron chi connectivity index (χ2n) is 7.72. The molecule has 0 aromatic heterocycles. The largest absolute Gasteiger partial charge is 0.395 e. The van der Waals surface area contributed by atoms with Crippen LogP contribution in [0.1, 0.15) is 46.0 Å². The Kier molecular flexibility index (Phi) is 5.55. The summed E-state index contributed by atoms with van der Waals surface area (Å²) in [4.78, 5) is 29.9. The van der Waals surface area contributed by atoms with Crippen LogP contribution in [0.15, 0.2) is 54.6 Å². The summed E-state index contributed by atoms with van der Waals surface area (Å²) in [6.45, 7) is 2.65. The second kappa shape index (κ2) is 8.28. The first-order valence-electron chi connectivity index (χ1n) is 10.4. The van der Waals surface area contributed by atoms with Crippen LogP contribution < -0.4 is 9.80 Å². The SMILES string of the molecule is CCCCc1ccc(N2C(=O)c3cccc4c(N(C)CCO)ccc(c34)C2=O)cc1. The van der Waals surface area contributed by atoms with Gasteiger partial charge in [-0.15, -0.1) is 0 Å². The van der Waals surface area contributed by atoms with Crippen LogP contribution in [0.5, 0.6) is 0 Å². The third-order valence-corrected chi connectivity index (χ3v) is 5.74. The molecule has 154 valence electrons. The molecular weight excluding hydrogens is 376 g/mol. The average Bonchev–Trinajstić information content (AvgIpc) is 2.76. The highest BCUT2D eigenvalue weighted by atomic mass is 16.3. The molecule has 4 rings (SSSR count). The van der Waals surface area contributed by atoms with Crippen LogP contribution in [0, 0.1) is 0 Å². The number of aliphatic hydroxyl groups is 1. The Morgan fingerprint density at radius 2 is 1.63 bits per heavy atom. The van der Waals surface area contributed by atoms with Gasteiger partial charge >= 0.3 is 0 Å². The van der Waals surface area contributed by atoms with Gasteiger partial charge in [0.1, 0.15) is 0 Å². The average molecular weight is 402 g/mol. The molecule has 3 aromatic carbocycles. The molecule has 0 aliphatic carbocycles. The first-order valence-corrected chi connectivity index (χ1v) is 10.4.